The summed E-state index contributed by atoms with van der Waals surface area (Å²) >= 11 is 0. The molecule has 0 saturated carbocycles. The molecule has 144 valence electrons. The van der Waals surface area contributed by atoms with Crippen LogP contribution in [0.15, 0.2) is 60.7 Å². The largest absolute Gasteiger partial charge is 0.340 e. The molecule has 2 aromatic rings. The Kier molecular flexibility index (Phi) is 7.82. The summed E-state index contributed by atoms with van der Waals surface area (Å²) in [6, 6.07) is 18.4. The van der Waals surface area contributed by atoms with Crippen LogP contribution in [0.25, 0.3) is 0 Å². The molecular formula is C21H26ClN3O2. The minimum absolute atomic E-state index is 0. The predicted molar refractivity (Wildman–Crippen MR) is 109 cm³/mol. The van der Waals surface area contributed by atoms with Gasteiger partial charge in [-0.3, -0.25) is 9.59 Å². The van der Waals surface area contributed by atoms with Crippen molar-refractivity contribution in [3.8, 4) is 0 Å². The van der Waals surface area contributed by atoms with Gasteiger partial charge < -0.3 is 15.5 Å². The SMILES string of the molecule is CN(C(=O)C(Cc1ccccc1)NC(=O)c1ccccc1)C1CCNC1.Cl. The van der Waals surface area contributed by atoms with Crippen LogP contribution in [0.2, 0.25) is 0 Å². The number of nitrogens with one attached hydrogen (secondary N) is 2. The lowest BCUT2D eigenvalue weighted by molar-refractivity contribution is -0.133. The second-order valence-corrected chi connectivity index (χ2v) is 6.68. The van der Waals surface area contributed by atoms with Crippen molar-refractivity contribution in [3.05, 3.63) is 71.8 Å². The van der Waals surface area contributed by atoms with Gasteiger partial charge in [-0.2, -0.15) is 0 Å². The van der Waals surface area contributed by atoms with Gasteiger partial charge in [-0.05, 0) is 30.7 Å². The van der Waals surface area contributed by atoms with Gasteiger partial charge in [0, 0.05) is 31.6 Å². The Balaban J connectivity index is 0.00000261. The van der Waals surface area contributed by atoms with Gasteiger partial charge in [0.05, 0.1) is 0 Å². The minimum atomic E-state index is -0.587. The fraction of sp³-hybridized carbons (Fsp3) is 0.333. The molecule has 1 fully saturated rings. The number of halogens is 1. The van der Waals surface area contributed by atoms with E-state index in [1.54, 1.807) is 17.0 Å². The van der Waals surface area contributed by atoms with Crippen molar-refractivity contribution in [2.24, 2.45) is 0 Å². The molecule has 1 heterocycles. The molecule has 0 aliphatic carbocycles. The lowest BCUT2D eigenvalue weighted by Gasteiger charge is -2.29. The number of amides is 2. The first kappa shape index (κ1) is 20.9. The number of benzene rings is 2. The number of likely N-dealkylation sites (N-methyl/N-ethyl adjacent to an activating group) is 1. The average Bonchev–Trinajstić information content (AvgIpc) is 3.22. The molecule has 2 unspecified atom stereocenters. The van der Waals surface area contributed by atoms with Crippen LogP contribution in [0.5, 0.6) is 0 Å². The summed E-state index contributed by atoms with van der Waals surface area (Å²) in [5.41, 5.74) is 1.58. The zero-order valence-corrected chi connectivity index (χ0v) is 16.2. The number of carbonyl (C=O) groups is 2. The maximum absolute atomic E-state index is 13.1. The molecule has 2 aromatic carbocycles. The molecular weight excluding hydrogens is 362 g/mol. The van der Waals surface area contributed by atoms with Gasteiger partial charge in [-0.1, -0.05) is 48.5 Å². The third kappa shape index (κ3) is 5.55. The van der Waals surface area contributed by atoms with Gasteiger partial charge in [0.25, 0.3) is 5.91 Å². The highest BCUT2D eigenvalue weighted by atomic mass is 35.5. The summed E-state index contributed by atoms with van der Waals surface area (Å²) in [6.45, 7) is 1.72. The first-order valence-electron chi connectivity index (χ1n) is 9.02. The van der Waals surface area contributed by atoms with Gasteiger partial charge in [-0.25, -0.2) is 0 Å². The van der Waals surface area contributed by atoms with Crippen molar-refractivity contribution in [1.82, 2.24) is 15.5 Å². The van der Waals surface area contributed by atoms with Crippen LogP contribution < -0.4 is 10.6 Å². The van der Waals surface area contributed by atoms with Crippen molar-refractivity contribution in [2.75, 3.05) is 20.1 Å². The van der Waals surface area contributed by atoms with Crippen molar-refractivity contribution in [2.45, 2.75) is 24.9 Å². The maximum Gasteiger partial charge on any atom is 0.251 e. The first-order valence-corrected chi connectivity index (χ1v) is 9.02. The van der Waals surface area contributed by atoms with E-state index in [1.807, 2.05) is 55.6 Å². The van der Waals surface area contributed by atoms with Gasteiger partial charge in [0.2, 0.25) is 5.91 Å². The summed E-state index contributed by atoms with van der Waals surface area (Å²) < 4.78 is 0. The zero-order valence-electron chi connectivity index (χ0n) is 15.4. The highest BCUT2D eigenvalue weighted by Gasteiger charge is 2.30. The monoisotopic (exact) mass is 387 g/mol. The van der Waals surface area contributed by atoms with Crippen LogP contribution in [0, 0.1) is 0 Å². The fourth-order valence-electron chi connectivity index (χ4n) is 3.28. The molecule has 5 nitrogen and oxygen atoms in total. The topological polar surface area (TPSA) is 61.4 Å². The molecule has 1 aliphatic rings. The maximum atomic E-state index is 13.1. The molecule has 3 rings (SSSR count). The van der Waals surface area contributed by atoms with E-state index in [2.05, 4.69) is 10.6 Å². The second-order valence-electron chi connectivity index (χ2n) is 6.68. The van der Waals surface area contributed by atoms with Crippen LogP contribution in [-0.4, -0.2) is 48.9 Å². The van der Waals surface area contributed by atoms with E-state index in [-0.39, 0.29) is 30.3 Å². The Morgan fingerprint density at radius 3 is 2.33 bits per heavy atom. The van der Waals surface area contributed by atoms with E-state index < -0.39 is 6.04 Å². The number of carbonyl (C=O) groups excluding carboxylic acids is 2. The number of hydrogen-bond acceptors (Lipinski definition) is 3. The van der Waals surface area contributed by atoms with Crippen LogP contribution >= 0.6 is 12.4 Å². The molecule has 2 amide bonds. The highest BCUT2D eigenvalue weighted by molar-refractivity contribution is 5.97. The van der Waals surface area contributed by atoms with E-state index >= 15 is 0 Å². The molecule has 0 spiro atoms. The minimum Gasteiger partial charge on any atom is -0.340 e. The Hall–Kier alpha value is -2.37. The summed E-state index contributed by atoms with van der Waals surface area (Å²) in [5.74, 6) is -0.273. The third-order valence-electron chi connectivity index (χ3n) is 4.85. The summed E-state index contributed by atoms with van der Waals surface area (Å²) in [6.07, 6.45) is 1.41. The molecule has 1 aliphatic heterocycles. The van der Waals surface area contributed by atoms with Crippen LogP contribution in [0.3, 0.4) is 0 Å². The number of nitrogens with zero attached hydrogens (tertiary/aromatic N) is 1. The molecule has 6 heteroatoms. The normalized spacial score (nSPS) is 16.9. The molecule has 0 aromatic heterocycles. The summed E-state index contributed by atoms with van der Waals surface area (Å²) in [5, 5.41) is 6.22. The smallest absolute Gasteiger partial charge is 0.251 e. The van der Waals surface area contributed by atoms with Crippen molar-refractivity contribution in [3.63, 3.8) is 0 Å². The molecule has 2 atom stereocenters. The lowest BCUT2D eigenvalue weighted by Crippen LogP contribution is -2.51. The number of hydrogen-bond donors (Lipinski definition) is 2. The van der Waals surface area contributed by atoms with E-state index in [4.69, 9.17) is 0 Å². The van der Waals surface area contributed by atoms with Gasteiger partial charge in [0.15, 0.2) is 0 Å². The summed E-state index contributed by atoms with van der Waals surface area (Å²) in [4.78, 5) is 27.5. The number of rotatable bonds is 6. The Bertz CT molecular complexity index is 734. The quantitative estimate of drug-likeness (QED) is 0.799. The standard InChI is InChI=1S/C21H25N3O2.ClH/c1-24(18-12-13-22-15-18)21(26)19(14-16-8-4-2-5-9-16)23-20(25)17-10-6-3-7-11-17;/h2-11,18-19,22H,12-15H2,1H3,(H,23,25);1H. The molecule has 0 bridgehead atoms. The first-order chi connectivity index (χ1) is 12.6. The predicted octanol–water partition coefficient (Wildman–Crippen LogP) is 2.27. The van der Waals surface area contributed by atoms with Gasteiger partial charge in [0.1, 0.15) is 6.04 Å². The Morgan fingerprint density at radius 1 is 1.11 bits per heavy atom. The van der Waals surface area contributed by atoms with Crippen molar-refractivity contribution < 1.29 is 9.59 Å². The van der Waals surface area contributed by atoms with E-state index in [9.17, 15) is 9.59 Å². The Morgan fingerprint density at radius 2 is 1.74 bits per heavy atom. The second kappa shape index (κ2) is 10.1. The van der Waals surface area contributed by atoms with Gasteiger partial charge in [-0.15, -0.1) is 12.4 Å². The van der Waals surface area contributed by atoms with Crippen LogP contribution in [0.1, 0.15) is 22.3 Å². The molecule has 2 N–H and O–H groups in total. The molecule has 1 saturated heterocycles. The van der Waals surface area contributed by atoms with Crippen molar-refractivity contribution in [1.29, 1.82) is 0 Å². The van der Waals surface area contributed by atoms with E-state index in [0.717, 1.165) is 25.1 Å². The van der Waals surface area contributed by atoms with Gasteiger partial charge >= 0.3 is 0 Å². The average molecular weight is 388 g/mol. The summed E-state index contributed by atoms with van der Waals surface area (Å²) in [7, 11) is 1.83. The highest BCUT2D eigenvalue weighted by Crippen LogP contribution is 2.12. The third-order valence-corrected chi connectivity index (χ3v) is 4.85. The van der Waals surface area contributed by atoms with E-state index in [0.29, 0.717) is 12.0 Å². The van der Waals surface area contributed by atoms with Crippen molar-refractivity contribution >= 4 is 24.2 Å². The Labute approximate surface area is 166 Å². The molecule has 27 heavy (non-hydrogen) atoms. The molecule has 0 radical (unpaired) electrons. The van der Waals surface area contributed by atoms with E-state index in [1.165, 1.54) is 0 Å². The zero-order chi connectivity index (χ0) is 18.4. The lowest BCUT2D eigenvalue weighted by atomic mass is 10.0. The van der Waals surface area contributed by atoms with Crippen LogP contribution in [-0.2, 0) is 11.2 Å². The van der Waals surface area contributed by atoms with Crippen LogP contribution in [0.4, 0.5) is 0 Å². The fourth-order valence-corrected chi connectivity index (χ4v) is 3.28.